The summed E-state index contributed by atoms with van der Waals surface area (Å²) in [6.45, 7) is 5.74. The molecule has 2 rings (SSSR count). The minimum Gasteiger partial charge on any atom is -0.333 e. The van der Waals surface area contributed by atoms with Crippen molar-refractivity contribution < 1.29 is 13.6 Å². The number of likely N-dealkylation sites (tertiary alicyclic amines) is 1. The van der Waals surface area contributed by atoms with E-state index in [-0.39, 0.29) is 6.54 Å². The van der Waals surface area contributed by atoms with Gasteiger partial charge in [0.1, 0.15) is 0 Å². The third kappa shape index (κ3) is 2.10. The second-order valence-corrected chi connectivity index (χ2v) is 6.12. The van der Waals surface area contributed by atoms with Crippen LogP contribution in [0, 0.1) is 5.41 Å². The van der Waals surface area contributed by atoms with E-state index in [0.717, 1.165) is 0 Å². The van der Waals surface area contributed by atoms with Gasteiger partial charge in [0, 0.05) is 25.2 Å². The highest BCUT2D eigenvalue weighted by Gasteiger charge is 2.64. The van der Waals surface area contributed by atoms with Crippen molar-refractivity contribution >= 4 is 6.03 Å². The van der Waals surface area contributed by atoms with Crippen LogP contribution >= 0.6 is 0 Å². The molecule has 2 saturated heterocycles. The molecule has 1 spiro atoms. The Morgan fingerprint density at radius 3 is 2.24 bits per heavy atom. The van der Waals surface area contributed by atoms with E-state index in [1.54, 1.807) is 0 Å². The summed E-state index contributed by atoms with van der Waals surface area (Å²) in [4.78, 5) is 13.1. The molecule has 0 bridgehead atoms. The predicted molar refractivity (Wildman–Crippen MR) is 60.1 cm³/mol. The molecule has 98 valence electrons. The molecule has 4 nitrogen and oxygen atoms in total. The Hall–Kier alpha value is -0.910. The molecular formula is C11H19F2N3O. The summed E-state index contributed by atoms with van der Waals surface area (Å²) in [6.07, 6.45) is 0. The van der Waals surface area contributed by atoms with Crippen molar-refractivity contribution in [1.29, 1.82) is 0 Å². The molecule has 0 atom stereocenters. The van der Waals surface area contributed by atoms with Crippen molar-refractivity contribution in [3.05, 3.63) is 0 Å². The maximum atomic E-state index is 13.8. The predicted octanol–water partition coefficient (Wildman–Crippen LogP) is 1.04. The van der Waals surface area contributed by atoms with Gasteiger partial charge in [-0.05, 0) is 20.8 Å². The molecular weight excluding hydrogens is 228 g/mol. The molecule has 2 amide bonds. The topological polar surface area (TPSA) is 44.4 Å². The maximum Gasteiger partial charge on any atom is 0.318 e. The minimum atomic E-state index is -2.78. The number of urea groups is 1. The van der Waals surface area contributed by atoms with E-state index in [2.05, 4.69) is 10.6 Å². The van der Waals surface area contributed by atoms with Crippen molar-refractivity contribution in [2.75, 3.05) is 26.2 Å². The van der Waals surface area contributed by atoms with Gasteiger partial charge in [-0.3, -0.25) is 0 Å². The molecule has 0 aromatic heterocycles. The number of hydrogen-bond donors (Lipinski definition) is 2. The molecule has 2 heterocycles. The van der Waals surface area contributed by atoms with E-state index in [0.29, 0.717) is 13.1 Å². The Bertz CT molecular complexity index is 334. The molecule has 0 radical (unpaired) electrons. The minimum absolute atomic E-state index is 0.134. The van der Waals surface area contributed by atoms with Crippen molar-refractivity contribution in [2.45, 2.75) is 32.2 Å². The maximum absolute atomic E-state index is 13.8. The van der Waals surface area contributed by atoms with Gasteiger partial charge < -0.3 is 15.5 Å². The lowest BCUT2D eigenvalue weighted by atomic mass is 9.78. The van der Waals surface area contributed by atoms with Crippen LogP contribution in [0.5, 0.6) is 0 Å². The molecule has 2 fully saturated rings. The lowest BCUT2D eigenvalue weighted by Crippen LogP contribution is -2.62. The van der Waals surface area contributed by atoms with Crippen LogP contribution in [0.2, 0.25) is 0 Å². The molecule has 0 saturated carbocycles. The quantitative estimate of drug-likeness (QED) is 0.671. The Morgan fingerprint density at radius 1 is 1.29 bits per heavy atom. The first kappa shape index (κ1) is 12.5. The normalized spacial score (nSPS) is 25.8. The molecule has 2 aliphatic rings. The zero-order valence-electron chi connectivity index (χ0n) is 10.4. The fraction of sp³-hybridized carbons (Fsp3) is 0.909. The monoisotopic (exact) mass is 247 g/mol. The van der Waals surface area contributed by atoms with Crippen molar-refractivity contribution in [3.8, 4) is 0 Å². The molecule has 6 heteroatoms. The highest BCUT2D eigenvalue weighted by molar-refractivity contribution is 5.75. The number of halogens is 2. The van der Waals surface area contributed by atoms with Crippen LogP contribution in [0.1, 0.15) is 20.8 Å². The second kappa shape index (κ2) is 3.54. The number of nitrogens with one attached hydrogen (secondary N) is 2. The number of alkyl halides is 2. The van der Waals surface area contributed by atoms with Crippen LogP contribution in [-0.4, -0.2) is 48.6 Å². The van der Waals surface area contributed by atoms with E-state index in [1.807, 2.05) is 20.8 Å². The van der Waals surface area contributed by atoms with E-state index in [1.165, 1.54) is 4.90 Å². The van der Waals surface area contributed by atoms with Crippen LogP contribution < -0.4 is 10.6 Å². The standard InChI is InChI=1S/C11H19F2N3O/c1-9(2,3)15-8(17)16-6-10(4-14-5-10)11(12,13)7-16/h14H,4-7H2,1-3H3,(H,15,17). The fourth-order valence-electron chi connectivity index (χ4n) is 2.28. The van der Waals surface area contributed by atoms with Gasteiger partial charge in [-0.2, -0.15) is 0 Å². The average molecular weight is 247 g/mol. The smallest absolute Gasteiger partial charge is 0.318 e. The largest absolute Gasteiger partial charge is 0.333 e. The Morgan fingerprint density at radius 2 is 1.88 bits per heavy atom. The molecule has 0 unspecified atom stereocenters. The number of hydrogen-bond acceptors (Lipinski definition) is 2. The molecule has 0 aromatic carbocycles. The Labute approximate surface area is 99.7 Å². The van der Waals surface area contributed by atoms with Gasteiger partial charge in [-0.25, -0.2) is 13.6 Å². The average Bonchev–Trinajstić information content (AvgIpc) is 2.33. The van der Waals surface area contributed by atoms with Gasteiger partial charge >= 0.3 is 6.03 Å². The van der Waals surface area contributed by atoms with Crippen LogP contribution in [0.15, 0.2) is 0 Å². The Kier molecular flexibility index (Phi) is 2.61. The van der Waals surface area contributed by atoms with Gasteiger partial charge in [-0.15, -0.1) is 0 Å². The molecule has 2 N–H and O–H groups in total. The fourth-order valence-corrected chi connectivity index (χ4v) is 2.28. The first-order valence-corrected chi connectivity index (χ1v) is 5.81. The molecule has 0 aromatic rings. The van der Waals surface area contributed by atoms with Gasteiger partial charge in [0.05, 0.1) is 12.0 Å². The van der Waals surface area contributed by atoms with Crippen LogP contribution in [-0.2, 0) is 0 Å². The summed E-state index contributed by atoms with van der Waals surface area (Å²) in [5.74, 6) is -2.78. The van der Waals surface area contributed by atoms with E-state index >= 15 is 0 Å². The van der Waals surface area contributed by atoms with Crippen LogP contribution in [0.25, 0.3) is 0 Å². The van der Waals surface area contributed by atoms with Crippen LogP contribution in [0.3, 0.4) is 0 Å². The number of nitrogens with zero attached hydrogens (tertiary/aromatic N) is 1. The number of carbonyl (C=O) groups excluding carboxylic acids is 1. The highest BCUT2D eigenvalue weighted by atomic mass is 19.3. The van der Waals surface area contributed by atoms with Crippen molar-refractivity contribution in [3.63, 3.8) is 0 Å². The van der Waals surface area contributed by atoms with Gasteiger partial charge in [0.2, 0.25) is 0 Å². The van der Waals surface area contributed by atoms with Gasteiger partial charge in [-0.1, -0.05) is 0 Å². The SMILES string of the molecule is CC(C)(C)NC(=O)N1CC(F)(F)C2(CNC2)C1. The van der Waals surface area contributed by atoms with E-state index < -0.39 is 29.5 Å². The zero-order chi connectivity index (χ0) is 12.9. The number of carbonyl (C=O) groups is 1. The van der Waals surface area contributed by atoms with E-state index in [9.17, 15) is 13.6 Å². The summed E-state index contributed by atoms with van der Waals surface area (Å²) in [5.41, 5.74) is -1.44. The number of rotatable bonds is 0. The van der Waals surface area contributed by atoms with E-state index in [4.69, 9.17) is 0 Å². The highest BCUT2D eigenvalue weighted by Crippen LogP contribution is 2.46. The summed E-state index contributed by atoms with van der Waals surface area (Å²) in [5, 5.41) is 5.59. The molecule has 0 aliphatic carbocycles. The molecule has 17 heavy (non-hydrogen) atoms. The summed E-state index contributed by atoms with van der Waals surface area (Å²) < 4.78 is 27.7. The Balaban J connectivity index is 2.04. The summed E-state index contributed by atoms with van der Waals surface area (Å²) in [7, 11) is 0. The van der Waals surface area contributed by atoms with Crippen molar-refractivity contribution in [2.24, 2.45) is 5.41 Å². The lowest BCUT2D eigenvalue weighted by Gasteiger charge is -2.42. The summed E-state index contributed by atoms with van der Waals surface area (Å²) in [6, 6.07) is -0.402. The second-order valence-electron chi connectivity index (χ2n) is 6.12. The molecule has 2 aliphatic heterocycles. The summed E-state index contributed by atoms with van der Waals surface area (Å²) >= 11 is 0. The third-order valence-corrected chi connectivity index (χ3v) is 3.35. The third-order valence-electron chi connectivity index (χ3n) is 3.35. The van der Waals surface area contributed by atoms with Crippen molar-refractivity contribution in [1.82, 2.24) is 15.5 Å². The lowest BCUT2D eigenvalue weighted by molar-refractivity contribution is -0.108. The number of amides is 2. The van der Waals surface area contributed by atoms with Gasteiger partial charge in [0.15, 0.2) is 0 Å². The zero-order valence-corrected chi connectivity index (χ0v) is 10.4. The van der Waals surface area contributed by atoms with Crippen LogP contribution in [0.4, 0.5) is 13.6 Å². The first-order chi connectivity index (χ1) is 7.65. The van der Waals surface area contributed by atoms with Gasteiger partial charge in [0.25, 0.3) is 5.92 Å². The first-order valence-electron chi connectivity index (χ1n) is 5.81.